The van der Waals surface area contributed by atoms with Crippen LogP contribution in [0.4, 0.5) is 0 Å². The first-order valence-electron chi connectivity index (χ1n) is 6.88. The summed E-state index contributed by atoms with van der Waals surface area (Å²) in [5.41, 5.74) is 0. The first-order chi connectivity index (χ1) is 8.16. The fourth-order valence-corrected chi connectivity index (χ4v) is 3.07. The molecule has 4 atom stereocenters. The highest BCUT2D eigenvalue weighted by molar-refractivity contribution is 5.81. The average Bonchev–Trinajstić information content (AvgIpc) is 2.35. The summed E-state index contributed by atoms with van der Waals surface area (Å²) in [6.45, 7) is 2.04. The van der Waals surface area contributed by atoms with Gasteiger partial charge in [0.05, 0.1) is 12.1 Å². The van der Waals surface area contributed by atoms with Gasteiger partial charge in [-0.3, -0.25) is 4.79 Å². The molecule has 17 heavy (non-hydrogen) atoms. The van der Waals surface area contributed by atoms with Crippen LogP contribution in [0.25, 0.3) is 0 Å². The van der Waals surface area contributed by atoms with Gasteiger partial charge in [0.15, 0.2) is 0 Å². The number of rotatable bonds is 3. The molecule has 4 nitrogen and oxygen atoms in total. The third-order valence-corrected chi connectivity index (χ3v) is 4.04. The lowest BCUT2D eigenvalue weighted by Gasteiger charge is -2.39. The molecule has 2 fully saturated rings. The summed E-state index contributed by atoms with van der Waals surface area (Å²) in [7, 11) is 0. The van der Waals surface area contributed by atoms with Crippen LogP contribution in [0.2, 0.25) is 0 Å². The van der Waals surface area contributed by atoms with Crippen LogP contribution < -0.4 is 10.6 Å². The van der Waals surface area contributed by atoms with Gasteiger partial charge in [-0.15, -0.1) is 0 Å². The zero-order valence-corrected chi connectivity index (χ0v) is 10.6. The molecule has 0 aromatic heterocycles. The number of nitrogens with one attached hydrogen (secondary N) is 2. The van der Waals surface area contributed by atoms with Gasteiger partial charge in [-0.25, -0.2) is 0 Å². The Kier molecular flexibility index (Phi) is 4.40. The average molecular weight is 240 g/mol. The second kappa shape index (κ2) is 5.83. The molecular formula is C13H24N2O2. The van der Waals surface area contributed by atoms with Crippen LogP contribution in [0, 0.1) is 5.92 Å². The maximum absolute atomic E-state index is 11.9. The van der Waals surface area contributed by atoms with Gasteiger partial charge in [0.1, 0.15) is 0 Å². The number of carbonyl (C=O) groups is 1. The minimum atomic E-state index is -0.468. The minimum Gasteiger partial charge on any atom is -0.392 e. The van der Waals surface area contributed by atoms with Crippen molar-refractivity contribution < 1.29 is 9.90 Å². The lowest BCUT2D eigenvalue weighted by atomic mass is 9.77. The molecule has 3 N–H and O–H groups in total. The van der Waals surface area contributed by atoms with Crippen LogP contribution in [0.1, 0.15) is 45.4 Å². The molecular weight excluding hydrogens is 216 g/mol. The standard InChI is InChI=1S/C13H24N2O2/c1-9(16)8-14-13(17)12-7-6-10-4-2-3-5-11(10)15-12/h9-12,15-16H,2-8H2,1H3,(H,14,17)/t9-,10?,11?,12?/m0/s1. The van der Waals surface area contributed by atoms with Crippen LogP contribution in [-0.2, 0) is 4.79 Å². The topological polar surface area (TPSA) is 61.4 Å². The van der Waals surface area contributed by atoms with Crippen LogP contribution in [-0.4, -0.2) is 35.7 Å². The van der Waals surface area contributed by atoms with E-state index in [1.54, 1.807) is 6.92 Å². The van der Waals surface area contributed by atoms with Crippen LogP contribution in [0.5, 0.6) is 0 Å². The summed E-state index contributed by atoms with van der Waals surface area (Å²) in [5.74, 6) is 0.833. The minimum absolute atomic E-state index is 0.0481. The van der Waals surface area contributed by atoms with E-state index in [1.807, 2.05) is 0 Å². The summed E-state index contributed by atoms with van der Waals surface area (Å²) in [6, 6.07) is 0.493. The quantitative estimate of drug-likeness (QED) is 0.683. The molecule has 4 heteroatoms. The Hall–Kier alpha value is -0.610. The van der Waals surface area contributed by atoms with E-state index in [4.69, 9.17) is 5.11 Å². The fourth-order valence-electron chi connectivity index (χ4n) is 3.07. The molecule has 0 aromatic rings. The van der Waals surface area contributed by atoms with Crippen molar-refractivity contribution in [3.8, 4) is 0 Å². The largest absolute Gasteiger partial charge is 0.392 e. The summed E-state index contributed by atoms with van der Waals surface area (Å²) in [5, 5.41) is 15.4. The Bertz CT molecular complexity index is 268. The Morgan fingerprint density at radius 2 is 2.12 bits per heavy atom. The monoisotopic (exact) mass is 240 g/mol. The predicted molar refractivity (Wildman–Crippen MR) is 66.6 cm³/mol. The number of hydrogen-bond donors (Lipinski definition) is 3. The predicted octanol–water partition coefficient (Wildman–Crippen LogP) is 0.794. The van der Waals surface area contributed by atoms with E-state index in [2.05, 4.69) is 10.6 Å². The third-order valence-electron chi connectivity index (χ3n) is 4.04. The van der Waals surface area contributed by atoms with Crippen molar-refractivity contribution in [1.29, 1.82) is 0 Å². The van der Waals surface area contributed by atoms with E-state index in [0.717, 1.165) is 12.3 Å². The van der Waals surface area contributed by atoms with Crippen molar-refractivity contribution in [2.24, 2.45) is 5.92 Å². The van der Waals surface area contributed by atoms with Gasteiger partial charge < -0.3 is 15.7 Å². The van der Waals surface area contributed by atoms with E-state index >= 15 is 0 Å². The summed E-state index contributed by atoms with van der Waals surface area (Å²) >= 11 is 0. The molecule has 0 spiro atoms. The number of aliphatic hydroxyl groups excluding tert-OH is 1. The highest BCUT2D eigenvalue weighted by Gasteiger charge is 2.34. The van der Waals surface area contributed by atoms with Gasteiger partial charge in [-0.2, -0.15) is 0 Å². The number of fused-ring (bicyclic) bond motifs is 1. The zero-order chi connectivity index (χ0) is 12.3. The second-order valence-corrected chi connectivity index (χ2v) is 5.54. The van der Waals surface area contributed by atoms with E-state index in [1.165, 1.54) is 32.1 Å². The van der Waals surface area contributed by atoms with Crippen LogP contribution in [0.3, 0.4) is 0 Å². The van der Waals surface area contributed by atoms with Crippen LogP contribution in [0.15, 0.2) is 0 Å². The molecule has 1 aliphatic carbocycles. The fraction of sp³-hybridized carbons (Fsp3) is 0.923. The summed E-state index contributed by atoms with van der Waals surface area (Å²) in [4.78, 5) is 11.9. The molecule has 1 aliphatic heterocycles. The van der Waals surface area contributed by atoms with Gasteiger partial charge in [0.2, 0.25) is 5.91 Å². The number of aliphatic hydroxyl groups is 1. The highest BCUT2D eigenvalue weighted by Crippen LogP contribution is 2.32. The highest BCUT2D eigenvalue weighted by atomic mass is 16.3. The number of hydrogen-bond acceptors (Lipinski definition) is 3. The molecule has 1 saturated carbocycles. The molecule has 1 saturated heterocycles. The molecule has 0 radical (unpaired) electrons. The molecule has 98 valence electrons. The molecule has 3 unspecified atom stereocenters. The Morgan fingerprint density at radius 1 is 1.35 bits per heavy atom. The Morgan fingerprint density at radius 3 is 2.88 bits per heavy atom. The van der Waals surface area contributed by atoms with Crippen molar-refractivity contribution in [3.63, 3.8) is 0 Å². The maximum Gasteiger partial charge on any atom is 0.237 e. The molecule has 2 aliphatic rings. The van der Waals surface area contributed by atoms with Crippen molar-refractivity contribution in [2.45, 2.75) is 63.6 Å². The van der Waals surface area contributed by atoms with Gasteiger partial charge in [-0.05, 0) is 38.5 Å². The van der Waals surface area contributed by atoms with Gasteiger partial charge in [0, 0.05) is 12.6 Å². The molecule has 0 bridgehead atoms. The van der Waals surface area contributed by atoms with Gasteiger partial charge in [0.25, 0.3) is 0 Å². The van der Waals surface area contributed by atoms with Crippen molar-refractivity contribution in [3.05, 3.63) is 0 Å². The van der Waals surface area contributed by atoms with E-state index in [9.17, 15) is 4.79 Å². The van der Waals surface area contributed by atoms with Crippen LogP contribution >= 0.6 is 0 Å². The lowest BCUT2D eigenvalue weighted by molar-refractivity contribution is -0.124. The first-order valence-corrected chi connectivity index (χ1v) is 6.88. The Balaban J connectivity index is 1.80. The number of carbonyl (C=O) groups excluding carboxylic acids is 1. The second-order valence-electron chi connectivity index (χ2n) is 5.54. The van der Waals surface area contributed by atoms with Gasteiger partial charge in [-0.1, -0.05) is 12.8 Å². The van der Waals surface area contributed by atoms with E-state index in [0.29, 0.717) is 12.6 Å². The zero-order valence-electron chi connectivity index (χ0n) is 10.6. The smallest absolute Gasteiger partial charge is 0.237 e. The summed E-state index contributed by atoms with van der Waals surface area (Å²) in [6.07, 6.45) is 6.81. The number of piperidine rings is 1. The maximum atomic E-state index is 11.9. The molecule has 1 amide bonds. The SMILES string of the molecule is C[C@H](O)CNC(=O)C1CCC2CCCCC2N1. The lowest BCUT2D eigenvalue weighted by Crippen LogP contribution is -2.55. The number of amides is 1. The van der Waals surface area contributed by atoms with Crippen molar-refractivity contribution in [2.75, 3.05) is 6.54 Å². The normalized spacial score (nSPS) is 34.8. The molecule has 2 rings (SSSR count). The van der Waals surface area contributed by atoms with E-state index in [-0.39, 0.29) is 11.9 Å². The Labute approximate surface area is 103 Å². The molecule has 1 heterocycles. The summed E-state index contributed by atoms with van der Waals surface area (Å²) < 4.78 is 0. The third kappa shape index (κ3) is 3.42. The first kappa shape index (κ1) is 12.8. The van der Waals surface area contributed by atoms with Crippen molar-refractivity contribution >= 4 is 5.91 Å². The van der Waals surface area contributed by atoms with Gasteiger partial charge >= 0.3 is 0 Å². The van der Waals surface area contributed by atoms with Crippen molar-refractivity contribution in [1.82, 2.24) is 10.6 Å². The molecule has 0 aromatic carbocycles. The van der Waals surface area contributed by atoms with E-state index < -0.39 is 6.10 Å².